The van der Waals surface area contributed by atoms with Gasteiger partial charge in [0.2, 0.25) is 11.8 Å². The van der Waals surface area contributed by atoms with E-state index in [0.717, 1.165) is 44.1 Å². The number of nitrogens with zero attached hydrogens (tertiary/aromatic N) is 3. The summed E-state index contributed by atoms with van der Waals surface area (Å²) in [5.41, 5.74) is 1.30. The molecular weight excluding hydrogens is 512 g/mol. The number of ether oxygens (including phenoxy) is 2. The molecule has 1 aromatic heterocycles. The molecule has 40 heavy (non-hydrogen) atoms. The van der Waals surface area contributed by atoms with Crippen LogP contribution >= 0.6 is 0 Å². The van der Waals surface area contributed by atoms with Crippen molar-refractivity contribution in [1.82, 2.24) is 20.2 Å². The second-order valence-electron chi connectivity index (χ2n) is 12.5. The Labute approximate surface area is 234 Å². The summed E-state index contributed by atoms with van der Waals surface area (Å²) < 4.78 is 12.2. The fourth-order valence-electron chi connectivity index (χ4n) is 6.05. The second-order valence-corrected chi connectivity index (χ2v) is 12.5. The zero-order valence-corrected chi connectivity index (χ0v) is 23.8. The normalized spacial score (nSPS) is 29.8. The minimum Gasteiger partial charge on any atom is -0.508 e. The lowest BCUT2D eigenvalue weighted by atomic mass is 9.85. The standard InChI is InChI=1S/C30H40N4O6/c1-5-19-23(16-35)34-15-25(19)39-27-21(31-20-12-11-18(36)14-22(20)32-27)10-8-6-7-9-17-13-24(17)40-29(38)33-26(28(34)37)30(2,3)4/h11-12,14,16-17,19,23-26,36H,5-10,13,15H2,1-4H3,(H,33,38)/t17-,19+,23-,24-,25+,26-/m1/s1. The number of carbonyl (C=O) groups excluding carboxylic acids is 3. The lowest BCUT2D eigenvalue weighted by molar-refractivity contribution is -0.139. The number of phenols is 1. The zero-order valence-electron chi connectivity index (χ0n) is 23.8. The minimum absolute atomic E-state index is 0.0876. The molecule has 1 saturated heterocycles. The molecule has 1 aliphatic carbocycles. The smallest absolute Gasteiger partial charge is 0.408 e. The number of carbonyl (C=O) groups is 3. The molecule has 2 fully saturated rings. The Morgan fingerprint density at radius 2 is 1.90 bits per heavy atom. The summed E-state index contributed by atoms with van der Waals surface area (Å²) in [6.07, 6.45) is 5.57. The fraction of sp³-hybridized carbons (Fsp3) is 0.633. The van der Waals surface area contributed by atoms with Crippen LogP contribution in [-0.2, 0) is 20.7 Å². The van der Waals surface area contributed by atoms with Crippen LogP contribution in [0, 0.1) is 17.3 Å². The topological polar surface area (TPSA) is 131 Å². The molecule has 2 aliphatic heterocycles. The lowest BCUT2D eigenvalue weighted by Crippen LogP contribution is -2.56. The van der Waals surface area contributed by atoms with Crippen molar-refractivity contribution >= 4 is 29.3 Å². The molecule has 1 saturated carbocycles. The maximum Gasteiger partial charge on any atom is 0.408 e. The largest absolute Gasteiger partial charge is 0.508 e. The summed E-state index contributed by atoms with van der Waals surface area (Å²) in [4.78, 5) is 50.3. The third-order valence-electron chi connectivity index (χ3n) is 8.47. The predicted octanol–water partition coefficient (Wildman–Crippen LogP) is 4.16. The molecular formula is C30H40N4O6. The van der Waals surface area contributed by atoms with Crippen LogP contribution in [0.3, 0.4) is 0 Å². The molecule has 10 heteroatoms. The van der Waals surface area contributed by atoms with Gasteiger partial charge in [0.25, 0.3) is 0 Å². The van der Waals surface area contributed by atoms with Crippen LogP contribution in [0.4, 0.5) is 4.79 Å². The molecule has 0 radical (unpaired) electrons. The van der Waals surface area contributed by atoms with Gasteiger partial charge >= 0.3 is 6.09 Å². The first-order chi connectivity index (χ1) is 19.1. The van der Waals surface area contributed by atoms with Gasteiger partial charge in [-0.3, -0.25) is 4.79 Å². The molecule has 216 valence electrons. The summed E-state index contributed by atoms with van der Waals surface area (Å²) in [7, 11) is 0. The Morgan fingerprint density at radius 3 is 2.62 bits per heavy atom. The number of hydrogen-bond acceptors (Lipinski definition) is 8. The van der Waals surface area contributed by atoms with Crippen molar-refractivity contribution in [3.63, 3.8) is 0 Å². The maximum absolute atomic E-state index is 14.0. The fourth-order valence-corrected chi connectivity index (χ4v) is 6.05. The van der Waals surface area contributed by atoms with E-state index in [2.05, 4.69) is 5.32 Å². The average molecular weight is 553 g/mol. The predicted molar refractivity (Wildman–Crippen MR) is 148 cm³/mol. The van der Waals surface area contributed by atoms with E-state index in [1.54, 1.807) is 18.2 Å². The number of nitrogens with one attached hydrogen (secondary N) is 1. The van der Waals surface area contributed by atoms with Crippen LogP contribution in [0.25, 0.3) is 11.0 Å². The Bertz CT molecular complexity index is 1280. The molecule has 3 heterocycles. The molecule has 3 aliphatic rings. The highest BCUT2D eigenvalue weighted by atomic mass is 16.6. The van der Waals surface area contributed by atoms with Crippen molar-refractivity contribution < 1.29 is 29.0 Å². The summed E-state index contributed by atoms with van der Waals surface area (Å²) in [6.45, 7) is 7.78. The minimum atomic E-state index is -0.881. The van der Waals surface area contributed by atoms with Crippen molar-refractivity contribution in [2.45, 2.75) is 96.9 Å². The first kappa shape index (κ1) is 28.1. The highest BCUT2D eigenvalue weighted by Gasteiger charge is 2.49. The Morgan fingerprint density at radius 1 is 1.10 bits per heavy atom. The number of aryl methyl sites for hydroxylation is 1. The Balaban J connectivity index is 1.51. The summed E-state index contributed by atoms with van der Waals surface area (Å²) in [5, 5.41) is 12.8. The maximum atomic E-state index is 14.0. The van der Waals surface area contributed by atoms with Crippen LogP contribution < -0.4 is 10.1 Å². The van der Waals surface area contributed by atoms with Gasteiger partial charge in [0.15, 0.2) is 0 Å². The van der Waals surface area contributed by atoms with Crippen LogP contribution in [-0.4, -0.2) is 69.1 Å². The van der Waals surface area contributed by atoms with Gasteiger partial charge in [0, 0.05) is 12.0 Å². The van der Waals surface area contributed by atoms with E-state index in [9.17, 15) is 19.5 Å². The van der Waals surface area contributed by atoms with Crippen molar-refractivity contribution in [3.05, 3.63) is 23.9 Å². The SMILES string of the molecule is CC[C@@H]1[C@@H]2CN(C(=O)[C@H](C(C)(C)C)NC(=O)O[C@@H]3C[C@H]3CCCCCc3nc4ccc(O)cc4nc3O2)[C@@H]1C=O. The van der Waals surface area contributed by atoms with Gasteiger partial charge in [0.05, 0.1) is 23.6 Å². The van der Waals surface area contributed by atoms with Crippen molar-refractivity contribution in [1.29, 1.82) is 0 Å². The molecule has 2 amide bonds. The van der Waals surface area contributed by atoms with E-state index in [1.165, 1.54) is 4.90 Å². The zero-order chi connectivity index (χ0) is 28.6. The van der Waals surface area contributed by atoms with Crippen molar-refractivity contribution in [2.24, 2.45) is 17.3 Å². The van der Waals surface area contributed by atoms with E-state index in [0.29, 0.717) is 35.7 Å². The summed E-state index contributed by atoms with van der Waals surface area (Å²) in [6, 6.07) is 3.30. The lowest BCUT2D eigenvalue weighted by Gasteiger charge is -2.34. The van der Waals surface area contributed by atoms with Gasteiger partial charge in [-0.15, -0.1) is 0 Å². The molecule has 1 aromatic carbocycles. The number of aromatic hydroxyl groups is 1. The van der Waals surface area contributed by atoms with Crippen LogP contribution in [0.1, 0.15) is 71.9 Å². The number of hydrogen-bond donors (Lipinski definition) is 2. The molecule has 0 spiro atoms. The first-order valence-electron chi connectivity index (χ1n) is 14.5. The highest BCUT2D eigenvalue weighted by Crippen LogP contribution is 2.39. The van der Waals surface area contributed by atoms with Crippen LogP contribution in [0.15, 0.2) is 18.2 Å². The van der Waals surface area contributed by atoms with Gasteiger partial charge in [-0.25, -0.2) is 14.8 Å². The number of fused-ring (bicyclic) bond motifs is 5. The van der Waals surface area contributed by atoms with Crippen LogP contribution in [0.5, 0.6) is 11.6 Å². The van der Waals surface area contributed by atoms with E-state index >= 15 is 0 Å². The first-order valence-corrected chi connectivity index (χ1v) is 14.5. The number of alkyl carbamates (subject to hydrolysis) is 1. The van der Waals surface area contributed by atoms with Crippen LogP contribution in [0.2, 0.25) is 0 Å². The van der Waals surface area contributed by atoms with E-state index in [4.69, 9.17) is 19.4 Å². The highest BCUT2D eigenvalue weighted by molar-refractivity contribution is 5.89. The average Bonchev–Trinajstić information content (AvgIpc) is 3.53. The molecule has 10 nitrogen and oxygen atoms in total. The number of aldehydes is 1. The monoisotopic (exact) mass is 552 g/mol. The van der Waals surface area contributed by atoms with Gasteiger partial charge < -0.3 is 29.6 Å². The summed E-state index contributed by atoms with van der Waals surface area (Å²) >= 11 is 0. The van der Waals surface area contributed by atoms with Crippen molar-refractivity contribution in [2.75, 3.05) is 6.54 Å². The number of phenolic OH excluding ortho intramolecular Hbond substituents is 1. The Kier molecular flexibility index (Phi) is 7.88. The molecule has 0 unspecified atom stereocenters. The summed E-state index contributed by atoms with van der Waals surface area (Å²) in [5.74, 6) is 0.194. The third-order valence-corrected chi connectivity index (χ3v) is 8.47. The molecule has 6 atom stereocenters. The van der Waals surface area contributed by atoms with Gasteiger partial charge in [-0.05, 0) is 55.6 Å². The number of amides is 2. The third kappa shape index (κ3) is 5.86. The second kappa shape index (κ2) is 11.2. The van der Waals surface area contributed by atoms with Gasteiger partial charge in [-0.2, -0.15) is 0 Å². The molecule has 2 N–H and O–H groups in total. The number of rotatable bonds is 2. The Hall–Kier alpha value is -3.43. The van der Waals surface area contributed by atoms with Gasteiger partial charge in [-0.1, -0.05) is 40.5 Å². The molecule has 5 rings (SSSR count). The van der Waals surface area contributed by atoms with E-state index in [1.807, 2.05) is 27.7 Å². The molecule has 2 aromatic rings. The number of aromatic nitrogens is 2. The quantitative estimate of drug-likeness (QED) is 0.531. The number of benzene rings is 1. The van der Waals surface area contributed by atoms with Gasteiger partial charge in [0.1, 0.15) is 36.0 Å². The molecule has 2 bridgehead atoms. The van der Waals surface area contributed by atoms with E-state index in [-0.39, 0.29) is 30.2 Å². The van der Waals surface area contributed by atoms with Crippen molar-refractivity contribution in [3.8, 4) is 11.6 Å². The van der Waals surface area contributed by atoms with E-state index < -0.39 is 29.7 Å².